The molecule has 0 radical (unpaired) electrons. The Morgan fingerprint density at radius 3 is 2.80 bits per heavy atom. The quantitative estimate of drug-likeness (QED) is 0.513. The van der Waals surface area contributed by atoms with Crippen molar-refractivity contribution in [1.82, 2.24) is 4.98 Å². The molecule has 2 rings (SSSR count). The van der Waals surface area contributed by atoms with E-state index in [0.717, 1.165) is 0 Å². The number of hydrogen-bond donors (Lipinski definition) is 0. The number of aromatic nitrogens is 1. The first-order valence-corrected chi connectivity index (χ1v) is 4.94. The van der Waals surface area contributed by atoms with E-state index in [1.54, 1.807) is 12.1 Å². The SMILES string of the molecule is CC1OB(c2cccnc2F)OC1(C)C. The molecule has 0 aromatic carbocycles. The monoisotopic (exact) mass is 209 g/mol. The topological polar surface area (TPSA) is 31.4 Å². The van der Waals surface area contributed by atoms with E-state index in [0.29, 0.717) is 5.46 Å². The zero-order chi connectivity index (χ0) is 11.1. The zero-order valence-corrected chi connectivity index (χ0v) is 9.03. The van der Waals surface area contributed by atoms with Crippen molar-refractivity contribution in [3.8, 4) is 0 Å². The first-order chi connectivity index (χ1) is 7.00. The summed E-state index contributed by atoms with van der Waals surface area (Å²) < 4.78 is 24.5. The first-order valence-electron chi connectivity index (χ1n) is 4.94. The second-order valence-electron chi connectivity index (χ2n) is 4.21. The molecule has 0 N–H and O–H groups in total. The predicted octanol–water partition coefficient (Wildman–Crippen LogP) is 1.13. The van der Waals surface area contributed by atoms with Crippen LogP contribution in [0.15, 0.2) is 18.3 Å². The summed E-state index contributed by atoms with van der Waals surface area (Å²) in [5, 5.41) is 0. The average molecular weight is 209 g/mol. The fraction of sp³-hybridized carbons (Fsp3) is 0.500. The number of rotatable bonds is 1. The third-order valence-corrected chi connectivity index (χ3v) is 2.76. The van der Waals surface area contributed by atoms with Gasteiger partial charge in [0.1, 0.15) is 0 Å². The fourth-order valence-electron chi connectivity index (χ4n) is 1.46. The summed E-state index contributed by atoms with van der Waals surface area (Å²) in [4.78, 5) is 3.57. The summed E-state index contributed by atoms with van der Waals surface area (Å²) in [6, 6.07) is 3.29. The molecule has 15 heavy (non-hydrogen) atoms. The van der Waals surface area contributed by atoms with Crippen molar-refractivity contribution in [3.63, 3.8) is 0 Å². The van der Waals surface area contributed by atoms with Crippen LogP contribution in [0, 0.1) is 5.95 Å². The molecule has 80 valence electrons. The maximum Gasteiger partial charge on any atom is 0.499 e. The van der Waals surface area contributed by atoms with Crippen LogP contribution in [-0.4, -0.2) is 23.8 Å². The van der Waals surface area contributed by atoms with Gasteiger partial charge in [-0.05, 0) is 26.8 Å². The molecule has 1 unspecified atom stereocenters. The Morgan fingerprint density at radius 2 is 2.27 bits per heavy atom. The molecule has 1 saturated heterocycles. The minimum Gasteiger partial charge on any atom is -0.402 e. The number of halogens is 1. The van der Waals surface area contributed by atoms with Crippen LogP contribution >= 0.6 is 0 Å². The molecule has 2 heterocycles. The number of hydrogen-bond acceptors (Lipinski definition) is 3. The molecule has 1 aliphatic rings. The second-order valence-corrected chi connectivity index (χ2v) is 4.21. The van der Waals surface area contributed by atoms with Gasteiger partial charge in [0.2, 0.25) is 5.95 Å². The van der Waals surface area contributed by atoms with Crippen LogP contribution in [0.3, 0.4) is 0 Å². The normalized spacial score (nSPS) is 24.5. The van der Waals surface area contributed by atoms with Gasteiger partial charge in [-0.1, -0.05) is 6.07 Å². The lowest BCUT2D eigenvalue weighted by atomic mass is 9.80. The summed E-state index contributed by atoms with van der Waals surface area (Å²) in [6.07, 6.45) is 1.34. The van der Waals surface area contributed by atoms with Gasteiger partial charge in [0.15, 0.2) is 0 Å². The standard InChI is InChI=1S/C10H13BFNO2/c1-7-10(2,3)15-11(14-7)8-5-4-6-13-9(8)12/h4-7H,1-3H3. The van der Waals surface area contributed by atoms with E-state index in [1.165, 1.54) is 6.20 Å². The van der Waals surface area contributed by atoms with Gasteiger partial charge in [0.05, 0.1) is 11.7 Å². The molecule has 0 aliphatic carbocycles. The van der Waals surface area contributed by atoms with Crippen molar-refractivity contribution in [2.24, 2.45) is 0 Å². The Hall–Kier alpha value is -0.935. The van der Waals surface area contributed by atoms with Gasteiger partial charge in [-0.15, -0.1) is 0 Å². The Morgan fingerprint density at radius 1 is 1.53 bits per heavy atom. The highest BCUT2D eigenvalue weighted by Crippen LogP contribution is 2.26. The van der Waals surface area contributed by atoms with Gasteiger partial charge in [0.25, 0.3) is 0 Å². The second kappa shape index (κ2) is 3.57. The van der Waals surface area contributed by atoms with Crippen molar-refractivity contribution >= 4 is 12.6 Å². The van der Waals surface area contributed by atoms with Crippen LogP contribution < -0.4 is 5.46 Å². The van der Waals surface area contributed by atoms with Crippen molar-refractivity contribution in [2.45, 2.75) is 32.5 Å². The highest BCUT2D eigenvalue weighted by atomic mass is 19.1. The van der Waals surface area contributed by atoms with Crippen molar-refractivity contribution in [2.75, 3.05) is 0 Å². The molecule has 0 amide bonds. The molecule has 1 atom stereocenters. The summed E-state index contributed by atoms with van der Waals surface area (Å²) in [5.41, 5.74) is -0.0395. The summed E-state index contributed by atoms with van der Waals surface area (Å²) >= 11 is 0. The molecule has 1 aromatic rings. The Kier molecular flexibility index (Phi) is 2.52. The number of pyridine rings is 1. The van der Waals surface area contributed by atoms with Crippen molar-refractivity contribution < 1.29 is 13.7 Å². The van der Waals surface area contributed by atoms with Gasteiger partial charge < -0.3 is 9.31 Å². The highest BCUT2D eigenvalue weighted by Gasteiger charge is 2.45. The van der Waals surface area contributed by atoms with Crippen LogP contribution in [0.25, 0.3) is 0 Å². The van der Waals surface area contributed by atoms with E-state index in [2.05, 4.69) is 4.98 Å². The predicted molar refractivity (Wildman–Crippen MR) is 55.3 cm³/mol. The maximum absolute atomic E-state index is 13.3. The van der Waals surface area contributed by atoms with Crippen LogP contribution in [-0.2, 0) is 9.31 Å². The Labute approximate surface area is 88.8 Å². The lowest BCUT2D eigenvalue weighted by Crippen LogP contribution is -2.37. The molecule has 5 heteroatoms. The molecule has 0 spiro atoms. The summed E-state index contributed by atoms with van der Waals surface area (Å²) in [7, 11) is -0.649. The van der Waals surface area contributed by atoms with Gasteiger partial charge in [-0.25, -0.2) is 4.98 Å². The van der Waals surface area contributed by atoms with E-state index < -0.39 is 18.7 Å². The van der Waals surface area contributed by atoms with Gasteiger partial charge in [-0.2, -0.15) is 4.39 Å². The van der Waals surface area contributed by atoms with Crippen LogP contribution in [0.2, 0.25) is 0 Å². The zero-order valence-electron chi connectivity index (χ0n) is 9.03. The molecule has 1 aliphatic heterocycles. The third-order valence-electron chi connectivity index (χ3n) is 2.76. The molecule has 1 fully saturated rings. The third kappa shape index (κ3) is 1.89. The lowest BCUT2D eigenvalue weighted by Gasteiger charge is -2.21. The largest absolute Gasteiger partial charge is 0.499 e. The van der Waals surface area contributed by atoms with E-state index in [-0.39, 0.29) is 6.10 Å². The van der Waals surface area contributed by atoms with Crippen LogP contribution in [0.5, 0.6) is 0 Å². The van der Waals surface area contributed by atoms with Crippen molar-refractivity contribution in [3.05, 3.63) is 24.3 Å². The lowest BCUT2D eigenvalue weighted by molar-refractivity contribution is 0.0842. The van der Waals surface area contributed by atoms with Crippen LogP contribution in [0.1, 0.15) is 20.8 Å². The fourth-order valence-corrected chi connectivity index (χ4v) is 1.46. The van der Waals surface area contributed by atoms with E-state index in [1.807, 2.05) is 20.8 Å². The summed E-state index contributed by atoms with van der Waals surface area (Å²) in [5.74, 6) is -0.535. The highest BCUT2D eigenvalue weighted by molar-refractivity contribution is 6.62. The Balaban J connectivity index is 2.25. The summed E-state index contributed by atoms with van der Waals surface area (Å²) in [6.45, 7) is 5.76. The maximum atomic E-state index is 13.3. The minimum atomic E-state index is -0.649. The van der Waals surface area contributed by atoms with Crippen molar-refractivity contribution in [1.29, 1.82) is 0 Å². The molecule has 3 nitrogen and oxygen atoms in total. The number of nitrogens with zero attached hydrogens (tertiary/aromatic N) is 1. The van der Waals surface area contributed by atoms with E-state index in [4.69, 9.17) is 9.31 Å². The smallest absolute Gasteiger partial charge is 0.402 e. The molecular formula is C10H13BFNO2. The van der Waals surface area contributed by atoms with Gasteiger partial charge in [-0.3, -0.25) is 0 Å². The van der Waals surface area contributed by atoms with Crippen LogP contribution in [0.4, 0.5) is 4.39 Å². The molecule has 1 aromatic heterocycles. The molecule has 0 saturated carbocycles. The minimum absolute atomic E-state index is 0.0675. The van der Waals surface area contributed by atoms with Gasteiger partial charge >= 0.3 is 7.12 Å². The Bertz CT molecular complexity index is 372. The van der Waals surface area contributed by atoms with Gasteiger partial charge in [0, 0.05) is 11.7 Å². The first kappa shape index (κ1) is 10.6. The molecule has 0 bridgehead atoms. The average Bonchev–Trinajstić information content (AvgIpc) is 2.42. The molecular weight excluding hydrogens is 196 g/mol. The van der Waals surface area contributed by atoms with E-state index >= 15 is 0 Å². The van der Waals surface area contributed by atoms with E-state index in [9.17, 15) is 4.39 Å².